The van der Waals surface area contributed by atoms with Gasteiger partial charge in [-0.2, -0.15) is 0 Å². The van der Waals surface area contributed by atoms with E-state index < -0.39 is 0 Å². The molecule has 64 valence electrons. The van der Waals surface area contributed by atoms with Crippen LogP contribution in [0.2, 0.25) is 0 Å². The Hall–Kier alpha value is -0.500. The monoisotopic (exact) mass is 155 g/mol. The molecule has 1 aliphatic rings. The lowest BCUT2D eigenvalue weighted by atomic mass is 10.1. The highest BCUT2D eigenvalue weighted by Crippen LogP contribution is 2.07. The number of nitrogens with zero attached hydrogens (tertiary/aromatic N) is 1. The minimum Gasteiger partial charge on any atom is -0.486 e. The zero-order valence-corrected chi connectivity index (χ0v) is 7.25. The Kier molecular flexibility index (Phi) is 4.06. The third kappa shape index (κ3) is 3.42. The van der Waals surface area contributed by atoms with Gasteiger partial charge in [0.2, 0.25) is 0 Å². The lowest BCUT2D eigenvalue weighted by Gasteiger charge is -2.25. The quantitative estimate of drug-likeness (QED) is 0.578. The van der Waals surface area contributed by atoms with Gasteiger partial charge in [-0.25, -0.2) is 0 Å². The van der Waals surface area contributed by atoms with E-state index in [2.05, 4.69) is 4.90 Å². The molecule has 0 saturated carbocycles. The highest BCUT2D eigenvalue weighted by molar-refractivity contribution is 4.66. The van der Waals surface area contributed by atoms with Crippen molar-refractivity contribution in [2.75, 3.05) is 19.8 Å². The zero-order chi connectivity index (χ0) is 7.94. The minimum atomic E-state index is 0.768. The van der Waals surface area contributed by atoms with Crippen molar-refractivity contribution in [2.45, 2.75) is 26.2 Å². The van der Waals surface area contributed by atoms with E-state index in [1.54, 1.807) is 6.26 Å². The predicted molar refractivity (Wildman–Crippen MR) is 46.2 cm³/mol. The molecule has 0 bridgehead atoms. The molecule has 0 aromatic rings. The van der Waals surface area contributed by atoms with Gasteiger partial charge < -0.3 is 4.74 Å². The normalized spacial score (nSPS) is 20.8. The number of allylic oxidation sites excluding steroid dienone is 1. The van der Waals surface area contributed by atoms with Gasteiger partial charge >= 0.3 is 0 Å². The van der Waals surface area contributed by atoms with Crippen LogP contribution in [0.25, 0.3) is 0 Å². The second-order valence-corrected chi connectivity index (χ2v) is 2.94. The number of hydrogen-bond donors (Lipinski definition) is 0. The van der Waals surface area contributed by atoms with Crippen LogP contribution in [0.5, 0.6) is 0 Å². The van der Waals surface area contributed by atoms with Crippen LogP contribution >= 0.6 is 0 Å². The molecule has 1 rings (SSSR count). The van der Waals surface area contributed by atoms with Crippen molar-refractivity contribution in [1.82, 2.24) is 4.90 Å². The highest BCUT2D eigenvalue weighted by Gasteiger charge is 2.08. The van der Waals surface area contributed by atoms with Crippen molar-refractivity contribution in [3.63, 3.8) is 0 Å². The smallest absolute Gasteiger partial charge is 0.141 e. The highest BCUT2D eigenvalue weighted by atomic mass is 16.5. The second-order valence-electron chi connectivity index (χ2n) is 2.94. The van der Waals surface area contributed by atoms with Crippen LogP contribution in [0.1, 0.15) is 26.2 Å². The Morgan fingerprint density at radius 2 is 2.00 bits per heavy atom. The van der Waals surface area contributed by atoms with Crippen LogP contribution in [0.3, 0.4) is 0 Å². The zero-order valence-electron chi connectivity index (χ0n) is 7.25. The average Bonchev–Trinajstić information content (AvgIpc) is 2.07. The average molecular weight is 155 g/mol. The fourth-order valence-electron chi connectivity index (χ4n) is 1.33. The van der Waals surface area contributed by atoms with Crippen molar-refractivity contribution < 1.29 is 4.74 Å². The molecule has 2 heteroatoms. The molecular weight excluding hydrogens is 138 g/mol. The van der Waals surface area contributed by atoms with E-state index in [4.69, 9.17) is 4.74 Å². The summed E-state index contributed by atoms with van der Waals surface area (Å²) in [5.41, 5.74) is 0. The second kappa shape index (κ2) is 5.19. The molecule has 0 aliphatic carbocycles. The lowest BCUT2D eigenvalue weighted by Crippen LogP contribution is -2.31. The summed E-state index contributed by atoms with van der Waals surface area (Å²) >= 11 is 0. The Morgan fingerprint density at radius 3 is 2.64 bits per heavy atom. The SMILES string of the molecule is CC=COCN1CCCCC1. The number of likely N-dealkylation sites (tertiary alicyclic amines) is 1. The molecule has 0 radical (unpaired) electrons. The summed E-state index contributed by atoms with van der Waals surface area (Å²) in [6, 6.07) is 0. The standard InChI is InChI=1S/C9H17NO/c1-2-8-11-9-10-6-4-3-5-7-10/h2,8H,3-7,9H2,1H3. The maximum atomic E-state index is 5.27. The minimum absolute atomic E-state index is 0.768. The lowest BCUT2D eigenvalue weighted by molar-refractivity contribution is 0.0749. The van der Waals surface area contributed by atoms with Gasteiger partial charge in [-0.3, -0.25) is 4.90 Å². The van der Waals surface area contributed by atoms with Gasteiger partial charge in [0, 0.05) is 13.1 Å². The van der Waals surface area contributed by atoms with Gasteiger partial charge in [0.05, 0.1) is 6.26 Å². The van der Waals surface area contributed by atoms with Gasteiger partial charge in [-0.05, 0) is 19.8 Å². The third-order valence-corrected chi connectivity index (χ3v) is 1.94. The Bertz CT molecular complexity index is 117. The Labute approximate surface area is 68.8 Å². The van der Waals surface area contributed by atoms with Gasteiger partial charge in [0.15, 0.2) is 0 Å². The predicted octanol–water partition coefficient (Wildman–Crippen LogP) is 1.98. The molecule has 0 atom stereocenters. The molecule has 1 heterocycles. The number of piperidine rings is 1. The van der Waals surface area contributed by atoms with Crippen LogP contribution < -0.4 is 0 Å². The fourth-order valence-corrected chi connectivity index (χ4v) is 1.33. The number of ether oxygens (including phenoxy) is 1. The van der Waals surface area contributed by atoms with Gasteiger partial charge in [-0.15, -0.1) is 0 Å². The molecule has 11 heavy (non-hydrogen) atoms. The first-order valence-electron chi connectivity index (χ1n) is 4.38. The molecule has 0 amide bonds. The van der Waals surface area contributed by atoms with E-state index in [0.717, 1.165) is 6.73 Å². The molecule has 0 aromatic heterocycles. The maximum Gasteiger partial charge on any atom is 0.141 e. The van der Waals surface area contributed by atoms with Crippen molar-refractivity contribution in [3.05, 3.63) is 12.3 Å². The molecule has 0 N–H and O–H groups in total. The van der Waals surface area contributed by atoms with Crippen LogP contribution in [0.15, 0.2) is 12.3 Å². The number of hydrogen-bond acceptors (Lipinski definition) is 2. The summed E-state index contributed by atoms with van der Waals surface area (Å²) in [7, 11) is 0. The molecule has 0 unspecified atom stereocenters. The summed E-state index contributed by atoms with van der Waals surface area (Å²) in [6.45, 7) is 5.15. The van der Waals surface area contributed by atoms with E-state index >= 15 is 0 Å². The van der Waals surface area contributed by atoms with E-state index in [9.17, 15) is 0 Å². The van der Waals surface area contributed by atoms with Crippen molar-refractivity contribution >= 4 is 0 Å². The van der Waals surface area contributed by atoms with Gasteiger partial charge in [-0.1, -0.05) is 12.5 Å². The molecule has 0 spiro atoms. The van der Waals surface area contributed by atoms with Crippen LogP contribution in [0, 0.1) is 0 Å². The van der Waals surface area contributed by atoms with E-state index in [0.29, 0.717) is 0 Å². The van der Waals surface area contributed by atoms with Crippen molar-refractivity contribution in [2.24, 2.45) is 0 Å². The molecular formula is C9H17NO. The molecule has 1 aliphatic heterocycles. The van der Waals surface area contributed by atoms with Crippen LogP contribution in [-0.2, 0) is 4.74 Å². The maximum absolute atomic E-state index is 5.27. The first-order chi connectivity index (χ1) is 5.43. The van der Waals surface area contributed by atoms with Gasteiger partial charge in [0.25, 0.3) is 0 Å². The summed E-state index contributed by atoms with van der Waals surface area (Å²) in [5.74, 6) is 0. The fraction of sp³-hybridized carbons (Fsp3) is 0.778. The Morgan fingerprint density at radius 1 is 1.27 bits per heavy atom. The van der Waals surface area contributed by atoms with Gasteiger partial charge in [0.1, 0.15) is 6.73 Å². The first-order valence-corrected chi connectivity index (χ1v) is 4.38. The molecule has 2 nitrogen and oxygen atoms in total. The third-order valence-electron chi connectivity index (χ3n) is 1.94. The van der Waals surface area contributed by atoms with Crippen LogP contribution in [-0.4, -0.2) is 24.7 Å². The molecule has 1 saturated heterocycles. The largest absolute Gasteiger partial charge is 0.486 e. The summed E-state index contributed by atoms with van der Waals surface area (Å²) in [6.07, 6.45) is 7.73. The summed E-state index contributed by atoms with van der Waals surface area (Å²) < 4.78 is 5.27. The first kappa shape index (κ1) is 8.60. The van der Waals surface area contributed by atoms with Crippen molar-refractivity contribution in [3.8, 4) is 0 Å². The van der Waals surface area contributed by atoms with E-state index in [1.165, 1.54) is 32.4 Å². The summed E-state index contributed by atoms with van der Waals surface area (Å²) in [5, 5.41) is 0. The summed E-state index contributed by atoms with van der Waals surface area (Å²) in [4.78, 5) is 2.35. The Balaban J connectivity index is 2.04. The van der Waals surface area contributed by atoms with Crippen molar-refractivity contribution in [1.29, 1.82) is 0 Å². The molecule has 0 aromatic carbocycles. The number of rotatable bonds is 3. The van der Waals surface area contributed by atoms with E-state index in [1.807, 2.05) is 13.0 Å². The molecule has 1 fully saturated rings. The topological polar surface area (TPSA) is 12.5 Å². The van der Waals surface area contributed by atoms with E-state index in [-0.39, 0.29) is 0 Å². The van der Waals surface area contributed by atoms with Crippen LogP contribution in [0.4, 0.5) is 0 Å².